The Morgan fingerprint density at radius 3 is 1.98 bits per heavy atom. The smallest absolute Gasteiger partial charge is 0.109 e. The van der Waals surface area contributed by atoms with Crippen LogP contribution in [0.2, 0.25) is 0 Å². The zero-order valence-corrected chi connectivity index (χ0v) is 30.4. The number of fused-ring (bicyclic) bond motifs is 3. The highest BCUT2D eigenvalue weighted by atomic mass is 15.2. The molecule has 9 rings (SSSR count). The van der Waals surface area contributed by atoms with E-state index in [2.05, 4.69) is 124 Å². The lowest BCUT2D eigenvalue weighted by Gasteiger charge is -2.35. The van der Waals surface area contributed by atoms with Crippen molar-refractivity contribution in [2.24, 2.45) is 15.2 Å². The molecule has 0 spiro atoms. The molecular formula is C49H37N7. The maximum Gasteiger partial charge on any atom is 0.109 e. The number of aliphatic imine (C=N–C) groups is 1. The van der Waals surface area contributed by atoms with Crippen molar-refractivity contribution in [1.82, 2.24) is 0 Å². The summed E-state index contributed by atoms with van der Waals surface area (Å²) in [5, 5.41) is 17.4. The highest BCUT2D eigenvalue weighted by molar-refractivity contribution is 6.50. The minimum Gasteiger partial charge on any atom is -0.399 e. The summed E-state index contributed by atoms with van der Waals surface area (Å²) in [6.45, 7) is 0. The Kier molecular flexibility index (Phi) is 8.72. The van der Waals surface area contributed by atoms with Crippen LogP contribution in [0.3, 0.4) is 0 Å². The van der Waals surface area contributed by atoms with Crippen LogP contribution in [-0.2, 0) is 5.41 Å². The number of benzene rings is 7. The van der Waals surface area contributed by atoms with E-state index in [1.54, 1.807) is 6.08 Å². The molecule has 268 valence electrons. The fourth-order valence-electron chi connectivity index (χ4n) is 7.88. The summed E-state index contributed by atoms with van der Waals surface area (Å²) in [4.78, 5) is 7.03. The minimum absolute atomic E-state index is 0.391. The van der Waals surface area contributed by atoms with Crippen LogP contribution in [0, 0.1) is 5.41 Å². The van der Waals surface area contributed by atoms with E-state index in [9.17, 15) is 0 Å². The first-order valence-electron chi connectivity index (χ1n) is 18.4. The Hall–Kier alpha value is -7.64. The molecule has 56 heavy (non-hydrogen) atoms. The van der Waals surface area contributed by atoms with Gasteiger partial charge in [0, 0.05) is 22.7 Å². The van der Waals surface area contributed by atoms with Gasteiger partial charge in [0.15, 0.2) is 0 Å². The second-order valence-corrected chi connectivity index (χ2v) is 13.8. The topological polar surface area (TPSA) is 116 Å². The van der Waals surface area contributed by atoms with Gasteiger partial charge in [-0.2, -0.15) is 5.11 Å². The predicted molar refractivity (Wildman–Crippen MR) is 231 cm³/mol. The molecule has 0 saturated heterocycles. The van der Waals surface area contributed by atoms with Crippen LogP contribution in [0.25, 0.3) is 11.1 Å². The van der Waals surface area contributed by atoms with Crippen LogP contribution in [0.4, 0.5) is 45.5 Å². The summed E-state index contributed by atoms with van der Waals surface area (Å²) in [5.41, 5.74) is 26.1. The van der Waals surface area contributed by atoms with Crippen molar-refractivity contribution in [3.05, 3.63) is 216 Å². The normalized spacial score (nSPS) is 16.3. The molecule has 0 bridgehead atoms. The summed E-state index contributed by atoms with van der Waals surface area (Å²) in [7, 11) is 0. The van der Waals surface area contributed by atoms with Crippen LogP contribution in [0.15, 0.2) is 209 Å². The van der Waals surface area contributed by atoms with Crippen molar-refractivity contribution in [1.29, 1.82) is 5.41 Å². The van der Waals surface area contributed by atoms with Gasteiger partial charge in [-0.05, 0) is 118 Å². The number of anilines is 5. The molecular weight excluding hydrogens is 687 g/mol. The monoisotopic (exact) mass is 723 g/mol. The summed E-state index contributed by atoms with van der Waals surface area (Å²) in [5.74, 6) is 0. The number of allylic oxidation sites excluding steroid dienone is 4. The Balaban J connectivity index is 1.23. The van der Waals surface area contributed by atoms with Crippen LogP contribution in [0.1, 0.15) is 22.3 Å². The highest BCUT2D eigenvalue weighted by Crippen LogP contribution is 2.57. The molecule has 5 N–H and O–H groups in total. The number of rotatable bonds is 8. The van der Waals surface area contributed by atoms with E-state index in [-0.39, 0.29) is 0 Å². The molecule has 0 amide bonds. The molecule has 0 aliphatic heterocycles. The molecule has 2 aliphatic carbocycles. The van der Waals surface area contributed by atoms with E-state index in [4.69, 9.17) is 21.9 Å². The number of hydrogen-bond donors (Lipinski definition) is 3. The van der Waals surface area contributed by atoms with Crippen molar-refractivity contribution in [2.45, 2.75) is 5.41 Å². The van der Waals surface area contributed by atoms with Crippen LogP contribution in [-0.4, -0.2) is 11.4 Å². The molecule has 1 atom stereocenters. The van der Waals surface area contributed by atoms with Crippen molar-refractivity contribution in [3.8, 4) is 11.1 Å². The first-order chi connectivity index (χ1) is 27.5. The average molecular weight is 724 g/mol. The van der Waals surface area contributed by atoms with Gasteiger partial charge in [0.25, 0.3) is 0 Å². The van der Waals surface area contributed by atoms with Crippen LogP contribution in [0.5, 0.6) is 0 Å². The summed E-state index contributed by atoms with van der Waals surface area (Å²) < 4.78 is 0. The molecule has 7 nitrogen and oxygen atoms in total. The zero-order chi connectivity index (χ0) is 38.1. The average Bonchev–Trinajstić information content (AvgIpc) is 3.53. The number of nitrogen functional groups attached to an aromatic ring is 2. The van der Waals surface area contributed by atoms with Crippen molar-refractivity contribution in [2.75, 3.05) is 16.4 Å². The van der Waals surface area contributed by atoms with Crippen molar-refractivity contribution < 1.29 is 0 Å². The van der Waals surface area contributed by atoms with Gasteiger partial charge in [0.2, 0.25) is 0 Å². The maximum atomic E-state index is 8.35. The molecule has 0 aromatic heterocycles. The third-order valence-corrected chi connectivity index (χ3v) is 10.4. The van der Waals surface area contributed by atoms with E-state index in [1.165, 1.54) is 16.7 Å². The van der Waals surface area contributed by atoms with E-state index in [0.29, 0.717) is 34.2 Å². The number of para-hydroxylation sites is 1. The second-order valence-electron chi connectivity index (χ2n) is 13.8. The Morgan fingerprint density at radius 1 is 0.500 bits per heavy atom. The third kappa shape index (κ3) is 6.07. The number of nitrogens with one attached hydrogen (secondary N) is 1. The Bertz CT molecular complexity index is 2750. The van der Waals surface area contributed by atoms with Gasteiger partial charge in [-0.15, -0.1) is 5.11 Å². The lowest BCUT2D eigenvalue weighted by molar-refractivity contribution is 0.768. The first-order valence-corrected chi connectivity index (χ1v) is 18.4. The quantitative estimate of drug-likeness (QED) is 0.0823. The zero-order valence-electron chi connectivity index (χ0n) is 30.4. The van der Waals surface area contributed by atoms with Gasteiger partial charge >= 0.3 is 0 Å². The van der Waals surface area contributed by atoms with Crippen molar-refractivity contribution >= 4 is 56.9 Å². The second kappa shape index (κ2) is 14.3. The molecule has 0 saturated carbocycles. The van der Waals surface area contributed by atoms with Gasteiger partial charge in [-0.1, -0.05) is 109 Å². The summed E-state index contributed by atoms with van der Waals surface area (Å²) in [6, 6.07) is 58.0. The first kappa shape index (κ1) is 34.1. The summed E-state index contributed by atoms with van der Waals surface area (Å²) in [6.07, 6.45) is 7.40. The molecule has 0 heterocycles. The number of nitrogens with two attached hydrogens (primary N) is 2. The van der Waals surface area contributed by atoms with Gasteiger partial charge in [0.05, 0.1) is 33.9 Å². The van der Waals surface area contributed by atoms with E-state index < -0.39 is 5.41 Å². The fourth-order valence-corrected chi connectivity index (χ4v) is 7.88. The van der Waals surface area contributed by atoms with E-state index in [1.807, 2.05) is 78.9 Å². The van der Waals surface area contributed by atoms with Gasteiger partial charge in [0.1, 0.15) is 5.69 Å². The molecule has 1 unspecified atom stereocenters. The molecule has 7 heteroatoms. The molecule has 2 aliphatic rings. The third-order valence-electron chi connectivity index (χ3n) is 10.4. The van der Waals surface area contributed by atoms with Crippen molar-refractivity contribution in [3.63, 3.8) is 0 Å². The predicted octanol–water partition coefficient (Wildman–Crippen LogP) is 12.3. The SMILES string of the molecule is N=C1C=CC=CC1=Nc1ccc(C2(c3ccccc3)c3ccccc3-c3ccc(N(c4cccc(N)c4)c4cccc(N=Nc5ccccc5N)c4)cc32)cc1. The van der Waals surface area contributed by atoms with Gasteiger partial charge in [-0.25, -0.2) is 4.99 Å². The minimum atomic E-state index is -0.651. The number of azo groups is 1. The maximum absolute atomic E-state index is 8.35. The van der Waals surface area contributed by atoms with Crippen LogP contribution >= 0.6 is 0 Å². The highest BCUT2D eigenvalue weighted by Gasteiger charge is 2.46. The fraction of sp³-hybridized carbons (Fsp3) is 0.0204. The largest absolute Gasteiger partial charge is 0.399 e. The lowest BCUT2D eigenvalue weighted by atomic mass is 9.67. The van der Waals surface area contributed by atoms with E-state index in [0.717, 1.165) is 39.4 Å². The molecule has 0 radical (unpaired) electrons. The Morgan fingerprint density at radius 2 is 1.18 bits per heavy atom. The Labute approximate surface area is 325 Å². The number of nitrogens with zero attached hydrogens (tertiary/aromatic N) is 4. The van der Waals surface area contributed by atoms with Gasteiger partial charge < -0.3 is 16.4 Å². The molecule has 7 aromatic rings. The number of hydrogen-bond acceptors (Lipinski definition) is 7. The summed E-state index contributed by atoms with van der Waals surface area (Å²) >= 11 is 0. The van der Waals surface area contributed by atoms with Crippen LogP contribution < -0.4 is 16.4 Å². The van der Waals surface area contributed by atoms with Gasteiger partial charge in [-0.3, -0.25) is 5.41 Å². The molecule has 7 aromatic carbocycles. The standard InChI is InChI=1S/C49H37N7/c50-35-14-10-16-38(30-35)56(39-17-11-15-37(31-39)54-55-48-23-9-7-21-46(48)52)40-28-29-42-41-18-4-5-19-43(41)49(44(42)32-40,33-12-2-1-3-13-33)34-24-26-36(27-25-34)53-47-22-8-6-20-45(47)51/h1-32,51H,50,52H2. The molecule has 0 fully saturated rings. The lowest BCUT2D eigenvalue weighted by Crippen LogP contribution is -2.28. The van der Waals surface area contributed by atoms with E-state index >= 15 is 0 Å².